The van der Waals surface area contributed by atoms with Gasteiger partial charge < -0.3 is 20.1 Å². The highest BCUT2D eigenvalue weighted by molar-refractivity contribution is 5.80. The van der Waals surface area contributed by atoms with Gasteiger partial charge in [0.1, 0.15) is 5.75 Å². The first-order valence-corrected chi connectivity index (χ1v) is 8.34. The maximum atomic E-state index is 5.71. The summed E-state index contributed by atoms with van der Waals surface area (Å²) in [7, 11) is 1.77. The maximum absolute atomic E-state index is 5.71. The van der Waals surface area contributed by atoms with Crippen molar-refractivity contribution in [3.8, 4) is 5.75 Å². The van der Waals surface area contributed by atoms with Crippen LogP contribution in [0.1, 0.15) is 39.3 Å². The van der Waals surface area contributed by atoms with Crippen molar-refractivity contribution in [3.05, 3.63) is 29.8 Å². The average Bonchev–Trinajstić information content (AvgIpc) is 2.56. The van der Waals surface area contributed by atoms with Crippen molar-refractivity contribution < 1.29 is 9.47 Å². The zero-order valence-corrected chi connectivity index (χ0v) is 15.1. The number of nitrogens with zero attached hydrogens (tertiary/aromatic N) is 1. The Hall–Kier alpha value is -1.75. The lowest BCUT2D eigenvalue weighted by atomic mass is 10.1. The van der Waals surface area contributed by atoms with Gasteiger partial charge in [-0.2, -0.15) is 0 Å². The summed E-state index contributed by atoms with van der Waals surface area (Å²) >= 11 is 0. The Morgan fingerprint density at radius 2 is 1.87 bits per heavy atom. The van der Waals surface area contributed by atoms with E-state index in [1.165, 1.54) is 5.56 Å². The molecule has 1 atom stereocenters. The van der Waals surface area contributed by atoms with Crippen LogP contribution in [0.4, 0.5) is 0 Å². The van der Waals surface area contributed by atoms with E-state index in [4.69, 9.17) is 9.47 Å². The third-order valence-corrected chi connectivity index (χ3v) is 3.28. The fourth-order valence-electron chi connectivity index (χ4n) is 1.98. The van der Waals surface area contributed by atoms with E-state index in [-0.39, 0.29) is 6.04 Å². The predicted molar refractivity (Wildman–Crippen MR) is 96.2 cm³/mol. The van der Waals surface area contributed by atoms with Crippen LogP contribution >= 0.6 is 0 Å². The zero-order valence-electron chi connectivity index (χ0n) is 15.1. The summed E-state index contributed by atoms with van der Waals surface area (Å²) in [5, 5.41) is 6.61. The first-order valence-electron chi connectivity index (χ1n) is 8.34. The van der Waals surface area contributed by atoms with E-state index in [1.54, 1.807) is 7.05 Å². The van der Waals surface area contributed by atoms with Gasteiger partial charge in [0.25, 0.3) is 0 Å². The van der Waals surface area contributed by atoms with Gasteiger partial charge in [-0.15, -0.1) is 0 Å². The summed E-state index contributed by atoms with van der Waals surface area (Å²) in [4.78, 5) is 4.23. The van der Waals surface area contributed by atoms with Crippen LogP contribution < -0.4 is 15.4 Å². The number of aliphatic imine (C=N–C) groups is 1. The van der Waals surface area contributed by atoms with Gasteiger partial charge >= 0.3 is 0 Å². The molecule has 5 nitrogen and oxygen atoms in total. The largest absolute Gasteiger partial charge is 0.493 e. The molecule has 0 aliphatic heterocycles. The van der Waals surface area contributed by atoms with E-state index in [9.17, 15) is 0 Å². The molecule has 1 aromatic rings. The minimum absolute atomic E-state index is 0.160. The van der Waals surface area contributed by atoms with Gasteiger partial charge in [-0.25, -0.2) is 0 Å². The molecule has 1 unspecified atom stereocenters. The SMILES string of the molecule is CCOCCNC(=NC)NC(C)c1ccc(OCC(C)C)cc1. The number of benzene rings is 1. The van der Waals surface area contributed by atoms with E-state index in [0.717, 1.165) is 31.5 Å². The summed E-state index contributed by atoms with van der Waals surface area (Å²) in [6.45, 7) is 11.3. The van der Waals surface area contributed by atoms with Gasteiger partial charge in [-0.05, 0) is 37.5 Å². The molecular weight excluding hydrogens is 290 g/mol. The molecule has 2 N–H and O–H groups in total. The molecule has 0 radical (unpaired) electrons. The summed E-state index contributed by atoms with van der Waals surface area (Å²) in [6.07, 6.45) is 0. The fourth-order valence-corrected chi connectivity index (χ4v) is 1.98. The number of hydrogen-bond donors (Lipinski definition) is 2. The molecule has 0 saturated heterocycles. The van der Waals surface area contributed by atoms with Gasteiger partial charge in [0.05, 0.1) is 19.3 Å². The van der Waals surface area contributed by atoms with Gasteiger partial charge in [-0.1, -0.05) is 26.0 Å². The van der Waals surface area contributed by atoms with E-state index in [1.807, 2.05) is 19.1 Å². The Morgan fingerprint density at radius 1 is 1.17 bits per heavy atom. The number of nitrogens with one attached hydrogen (secondary N) is 2. The van der Waals surface area contributed by atoms with Crippen molar-refractivity contribution in [2.45, 2.75) is 33.7 Å². The van der Waals surface area contributed by atoms with Gasteiger partial charge in [0.2, 0.25) is 0 Å². The van der Waals surface area contributed by atoms with Crippen molar-refractivity contribution in [1.82, 2.24) is 10.6 Å². The molecule has 23 heavy (non-hydrogen) atoms. The molecule has 0 amide bonds. The lowest BCUT2D eigenvalue weighted by Gasteiger charge is -2.18. The lowest BCUT2D eigenvalue weighted by Crippen LogP contribution is -2.40. The topological polar surface area (TPSA) is 54.9 Å². The van der Waals surface area contributed by atoms with Crippen LogP contribution in [0.25, 0.3) is 0 Å². The number of rotatable bonds is 9. The molecule has 0 aliphatic carbocycles. The summed E-state index contributed by atoms with van der Waals surface area (Å²) in [5.74, 6) is 2.22. The highest BCUT2D eigenvalue weighted by atomic mass is 16.5. The molecule has 0 heterocycles. The van der Waals surface area contributed by atoms with Crippen LogP contribution in [0.15, 0.2) is 29.3 Å². The first kappa shape index (κ1) is 19.3. The third-order valence-electron chi connectivity index (χ3n) is 3.28. The summed E-state index contributed by atoms with van der Waals surface area (Å²) in [5.41, 5.74) is 1.19. The second-order valence-corrected chi connectivity index (χ2v) is 5.84. The molecular formula is C18H31N3O2. The molecule has 0 aliphatic rings. The van der Waals surface area contributed by atoms with Crippen molar-refractivity contribution in [2.75, 3.05) is 33.4 Å². The smallest absolute Gasteiger partial charge is 0.191 e. The quantitative estimate of drug-likeness (QED) is 0.417. The second kappa shape index (κ2) is 10.9. The molecule has 1 rings (SSSR count). The molecule has 0 aromatic heterocycles. The highest BCUT2D eigenvalue weighted by Gasteiger charge is 2.08. The summed E-state index contributed by atoms with van der Waals surface area (Å²) in [6, 6.07) is 8.36. The minimum Gasteiger partial charge on any atom is -0.493 e. The van der Waals surface area contributed by atoms with E-state index in [0.29, 0.717) is 12.5 Å². The molecule has 1 aromatic carbocycles. The van der Waals surface area contributed by atoms with E-state index < -0.39 is 0 Å². The van der Waals surface area contributed by atoms with Gasteiger partial charge in [-0.3, -0.25) is 4.99 Å². The highest BCUT2D eigenvalue weighted by Crippen LogP contribution is 2.18. The minimum atomic E-state index is 0.160. The predicted octanol–water partition coefficient (Wildman–Crippen LogP) is 2.98. The number of guanidine groups is 1. The number of ether oxygens (including phenoxy) is 2. The van der Waals surface area contributed by atoms with E-state index in [2.05, 4.69) is 48.5 Å². The Bertz CT molecular complexity index is 458. The molecule has 0 fully saturated rings. The van der Waals surface area contributed by atoms with Crippen LogP contribution in [0.5, 0.6) is 5.75 Å². The first-order chi connectivity index (χ1) is 11.1. The molecule has 0 saturated carbocycles. The Balaban J connectivity index is 2.47. The van der Waals surface area contributed by atoms with Gasteiger partial charge in [0, 0.05) is 20.2 Å². The Labute approximate surface area is 140 Å². The van der Waals surface area contributed by atoms with Crippen LogP contribution in [0.3, 0.4) is 0 Å². The standard InChI is InChI=1S/C18H31N3O2/c1-6-22-12-11-20-18(19-5)21-15(4)16-7-9-17(10-8-16)23-13-14(2)3/h7-10,14-15H,6,11-13H2,1-5H3,(H2,19,20,21). The summed E-state index contributed by atoms with van der Waals surface area (Å²) < 4.78 is 11.0. The fraction of sp³-hybridized carbons (Fsp3) is 0.611. The normalized spacial score (nSPS) is 13.0. The van der Waals surface area contributed by atoms with E-state index >= 15 is 0 Å². The van der Waals surface area contributed by atoms with Crippen LogP contribution in [0, 0.1) is 5.92 Å². The molecule has 5 heteroatoms. The van der Waals surface area contributed by atoms with Crippen molar-refractivity contribution in [2.24, 2.45) is 10.9 Å². The van der Waals surface area contributed by atoms with Crippen LogP contribution in [-0.2, 0) is 4.74 Å². The van der Waals surface area contributed by atoms with Crippen LogP contribution in [-0.4, -0.2) is 39.4 Å². The maximum Gasteiger partial charge on any atom is 0.191 e. The lowest BCUT2D eigenvalue weighted by molar-refractivity contribution is 0.152. The molecule has 130 valence electrons. The zero-order chi connectivity index (χ0) is 17.1. The number of hydrogen-bond acceptors (Lipinski definition) is 3. The third kappa shape index (κ3) is 7.88. The van der Waals surface area contributed by atoms with Crippen molar-refractivity contribution in [3.63, 3.8) is 0 Å². The molecule has 0 bridgehead atoms. The van der Waals surface area contributed by atoms with Crippen molar-refractivity contribution >= 4 is 5.96 Å². The average molecular weight is 321 g/mol. The van der Waals surface area contributed by atoms with Crippen molar-refractivity contribution in [1.29, 1.82) is 0 Å². The van der Waals surface area contributed by atoms with Crippen LogP contribution in [0.2, 0.25) is 0 Å². The monoisotopic (exact) mass is 321 g/mol. The second-order valence-electron chi connectivity index (χ2n) is 5.84. The van der Waals surface area contributed by atoms with Gasteiger partial charge in [0.15, 0.2) is 5.96 Å². The molecule has 0 spiro atoms. The Morgan fingerprint density at radius 3 is 2.43 bits per heavy atom. The Kier molecular flexibility index (Phi) is 9.14.